The second-order valence-electron chi connectivity index (χ2n) is 4.06. The molecule has 0 radical (unpaired) electrons. The highest BCUT2D eigenvalue weighted by Crippen LogP contribution is 2.19. The maximum Gasteiger partial charge on any atom is 0.213 e. The number of ether oxygens (including phenoxy) is 1. The van der Waals surface area contributed by atoms with Crippen molar-refractivity contribution in [1.29, 1.82) is 0 Å². The van der Waals surface area contributed by atoms with Crippen molar-refractivity contribution in [3.05, 3.63) is 11.6 Å². The summed E-state index contributed by atoms with van der Waals surface area (Å²) >= 11 is 0. The zero-order chi connectivity index (χ0) is 11.9. The van der Waals surface area contributed by atoms with Gasteiger partial charge in [0.2, 0.25) is 10.0 Å². The molecule has 0 aromatic rings. The van der Waals surface area contributed by atoms with E-state index >= 15 is 0 Å². The second-order valence-corrected chi connectivity index (χ2v) is 5.99. The molecule has 4 nitrogen and oxygen atoms in total. The molecule has 0 heterocycles. The predicted molar refractivity (Wildman–Crippen MR) is 64.8 cm³/mol. The summed E-state index contributed by atoms with van der Waals surface area (Å²) in [4.78, 5) is 0. The average molecular weight is 247 g/mol. The Morgan fingerprint density at radius 1 is 1.44 bits per heavy atom. The highest BCUT2D eigenvalue weighted by Gasteiger charge is 2.10. The molecule has 1 aliphatic carbocycles. The van der Waals surface area contributed by atoms with E-state index in [1.54, 1.807) is 0 Å². The van der Waals surface area contributed by atoms with Crippen LogP contribution >= 0.6 is 0 Å². The van der Waals surface area contributed by atoms with Crippen LogP contribution in [0.5, 0.6) is 0 Å². The molecule has 1 N–H and O–H groups in total. The largest absolute Gasteiger partial charge is 0.384 e. The van der Waals surface area contributed by atoms with Gasteiger partial charge in [-0.3, -0.25) is 0 Å². The average Bonchev–Trinajstić information content (AvgIpc) is 2.28. The van der Waals surface area contributed by atoms with Crippen LogP contribution in [0.15, 0.2) is 11.6 Å². The van der Waals surface area contributed by atoms with Crippen molar-refractivity contribution in [2.75, 3.05) is 26.0 Å². The van der Waals surface area contributed by atoms with Gasteiger partial charge in [0.05, 0.1) is 12.4 Å². The third kappa shape index (κ3) is 5.63. The summed E-state index contributed by atoms with van der Waals surface area (Å²) in [6, 6.07) is 0. The smallest absolute Gasteiger partial charge is 0.213 e. The first-order valence-electron chi connectivity index (χ1n) is 5.78. The molecule has 0 saturated heterocycles. The van der Waals surface area contributed by atoms with E-state index in [2.05, 4.69) is 10.8 Å². The Kier molecular flexibility index (Phi) is 6.01. The zero-order valence-corrected chi connectivity index (χ0v) is 10.7. The van der Waals surface area contributed by atoms with Gasteiger partial charge in [-0.2, -0.15) is 0 Å². The maximum atomic E-state index is 11.4. The van der Waals surface area contributed by atoms with Crippen LogP contribution in [0.2, 0.25) is 0 Å². The van der Waals surface area contributed by atoms with Crippen LogP contribution in [-0.2, 0) is 14.8 Å². The minimum absolute atomic E-state index is 0.0442. The van der Waals surface area contributed by atoms with E-state index in [-0.39, 0.29) is 12.4 Å². The minimum Gasteiger partial charge on any atom is -0.384 e. The summed E-state index contributed by atoms with van der Waals surface area (Å²) in [7, 11) is -1.64. The van der Waals surface area contributed by atoms with E-state index in [0.29, 0.717) is 6.54 Å². The summed E-state index contributed by atoms with van der Waals surface area (Å²) in [5.41, 5.74) is 1.39. The monoisotopic (exact) mass is 247 g/mol. The molecule has 0 amide bonds. The van der Waals surface area contributed by atoms with E-state index in [4.69, 9.17) is 4.74 Å². The topological polar surface area (TPSA) is 55.4 Å². The summed E-state index contributed by atoms with van der Waals surface area (Å²) in [6.45, 7) is 0.760. The predicted octanol–water partition coefficient (Wildman–Crippen LogP) is 1.44. The van der Waals surface area contributed by atoms with Crippen molar-refractivity contribution in [3.63, 3.8) is 0 Å². The minimum atomic E-state index is -3.15. The van der Waals surface area contributed by atoms with Gasteiger partial charge in [-0.25, -0.2) is 13.1 Å². The van der Waals surface area contributed by atoms with Crippen molar-refractivity contribution < 1.29 is 13.2 Å². The summed E-state index contributed by atoms with van der Waals surface area (Å²) in [5, 5.41) is 0. The quantitative estimate of drug-likeness (QED) is 0.693. The second kappa shape index (κ2) is 7.04. The van der Waals surface area contributed by atoms with Gasteiger partial charge in [-0.1, -0.05) is 11.6 Å². The molecule has 1 rings (SSSR count). The van der Waals surface area contributed by atoms with Crippen LogP contribution in [0.25, 0.3) is 0 Å². The number of rotatable bonds is 7. The summed E-state index contributed by atoms with van der Waals surface area (Å²) in [6.07, 6.45) is 7.86. The Hall–Kier alpha value is -0.390. The maximum absolute atomic E-state index is 11.4. The Labute approximate surface area is 98.1 Å². The van der Waals surface area contributed by atoms with Crippen molar-refractivity contribution in [3.8, 4) is 0 Å². The lowest BCUT2D eigenvalue weighted by molar-refractivity contribution is 0.217. The summed E-state index contributed by atoms with van der Waals surface area (Å²) < 4.78 is 30.2. The van der Waals surface area contributed by atoms with Crippen molar-refractivity contribution in [2.45, 2.75) is 32.1 Å². The highest BCUT2D eigenvalue weighted by molar-refractivity contribution is 7.89. The molecule has 0 aromatic heterocycles. The highest BCUT2D eigenvalue weighted by atomic mass is 32.2. The molecule has 0 spiro atoms. The third-order valence-electron chi connectivity index (χ3n) is 2.71. The van der Waals surface area contributed by atoms with Crippen molar-refractivity contribution >= 4 is 10.0 Å². The van der Waals surface area contributed by atoms with Crippen molar-refractivity contribution in [1.82, 2.24) is 4.72 Å². The lowest BCUT2D eigenvalue weighted by Crippen LogP contribution is -2.29. The molecule has 0 aromatic carbocycles. The summed E-state index contributed by atoms with van der Waals surface area (Å²) in [5.74, 6) is 0.0442. The molecule has 0 aliphatic heterocycles. The first kappa shape index (κ1) is 13.7. The van der Waals surface area contributed by atoms with E-state index in [9.17, 15) is 8.42 Å². The van der Waals surface area contributed by atoms with Crippen LogP contribution in [0.1, 0.15) is 32.1 Å². The van der Waals surface area contributed by atoms with E-state index < -0.39 is 10.0 Å². The number of hydrogen-bond acceptors (Lipinski definition) is 3. The van der Waals surface area contributed by atoms with Gasteiger partial charge in [0.15, 0.2) is 0 Å². The molecule has 0 unspecified atom stereocenters. The fourth-order valence-electron chi connectivity index (χ4n) is 1.76. The Morgan fingerprint density at radius 3 is 2.88 bits per heavy atom. The lowest BCUT2D eigenvalue weighted by atomic mass is 9.97. The number of methoxy groups -OCH3 is 1. The molecule has 0 bridgehead atoms. The first-order valence-corrected chi connectivity index (χ1v) is 7.43. The Morgan fingerprint density at radius 2 is 2.25 bits per heavy atom. The van der Waals surface area contributed by atoms with Gasteiger partial charge in [0, 0.05) is 13.7 Å². The molecular weight excluding hydrogens is 226 g/mol. The van der Waals surface area contributed by atoms with Crippen LogP contribution in [0.3, 0.4) is 0 Å². The Bertz CT molecular complexity index is 322. The number of nitrogens with one attached hydrogen (secondary N) is 1. The molecule has 1 aliphatic rings. The molecular formula is C11H21NO3S. The normalized spacial score (nSPS) is 17.2. The van der Waals surface area contributed by atoms with Crippen LogP contribution < -0.4 is 4.72 Å². The zero-order valence-electron chi connectivity index (χ0n) is 9.87. The number of hydrogen-bond donors (Lipinski definition) is 1. The van der Waals surface area contributed by atoms with Crippen molar-refractivity contribution in [2.24, 2.45) is 0 Å². The van der Waals surface area contributed by atoms with Gasteiger partial charge in [-0.05, 0) is 32.1 Å². The van der Waals surface area contributed by atoms with Gasteiger partial charge >= 0.3 is 0 Å². The Balaban J connectivity index is 2.21. The first-order chi connectivity index (χ1) is 7.64. The standard InChI is InChI=1S/C11H21NO3S/c1-15-9-10-16(13,14)12-8-7-11-5-3-2-4-6-11/h5,12H,2-4,6-10H2,1H3. The molecule has 94 valence electrons. The van der Waals surface area contributed by atoms with Crippen LogP contribution in [0, 0.1) is 0 Å². The van der Waals surface area contributed by atoms with Gasteiger partial charge < -0.3 is 4.74 Å². The van der Waals surface area contributed by atoms with Gasteiger partial charge in [0.25, 0.3) is 0 Å². The molecule has 16 heavy (non-hydrogen) atoms. The molecule has 5 heteroatoms. The SMILES string of the molecule is COCCS(=O)(=O)NCCC1=CCCCC1. The van der Waals surface area contributed by atoms with Gasteiger partial charge in [0.1, 0.15) is 0 Å². The van der Waals surface area contributed by atoms with E-state index in [1.807, 2.05) is 0 Å². The molecule has 0 atom stereocenters. The van der Waals surface area contributed by atoms with Gasteiger partial charge in [-0.15, -0.1) is 0 Å². The van der Waals surface area contributed by atoms with E-state index in [0.717, 1.165) is 19.3 Å². The molecule has 0 saturated carbocycles. The molecule has 0 fully saturated rings. The third-order valence-corrected chi connectivity index (χ3v) is 4.06. The number of sulfonamides is 1. The lowest BCUT2D eigenvalue weighted by Gasteiger charge is -2.12. The number of allylic oxidation sites excluding steroid dienone is 1. The fraction of sp³-hybridized carbons (Fsp3) is 0.818. The van der Waals surface area contributed by atoms with Crippen LogP contribution in [-0.4, -0.2) is 34.4 Å². The van der Waals surface area contributed by atoms with E-state index in [1.165, 1.54) is 25.5 Å². The fourth-order valence-corrected chi connectivity index (χ4v) is 2.71. The van der Waals surface area contributed by atoms with Crippen LogP contribution in [0.4, 0.5) is 0 Å².